The van der Waals surface area contributed by atoms with Crippen LogP contribution in [0.25, 0.3) is 0 Å². The first kappa shape index (κ1) is 14.6. The molecule has 0 aliphatic carbocycles. The highest BCUT2D eigenvalue weighted by Crippen LogP contribution is 2.19. The Labute approximate surface area is 122 Å². The molecule has 2 aromatic carbocycles. The highest BCUT2D eigenvalue weighted by atomic mass is 32.2. The standard InChI is InChI=1S/C16H15FN2S/c1-20-14-8-6-12(7-9-14)16(10-18)19-11-13-4-2-3-5-15(13)17/h2-9,16,19H,11H2,1H3. The van der Waals surface area contributed by atoms with Crippen LogP contribution in [0.3, 0.4) is 0 Å². The summed E-state index contributed by atoms with van der Waals surface area (Å²) >= 11 is 1.66. The number of nitriles is 1. The quantitative estimate of drug-likeness (QED) is 0.847. The van der Waals surface area contributed by atoms with Gasteiger partial charge in [0.05, 0.1) is 6.07 Å². The Morgan fingerprint density at radius 2 is 1.90 bits per heavy atom. The van der Waals surface area contributed by atoms with Gasteiger partial charge in [0, 0.05) is 17.0 Å². The summed E-state index contributed by atoms with van der Waals surface area (Å²) in [5.41, 5.74) is 1.45. The molecule has 2 rings (SSSR count). The first-order valence-electron chi connectivity index (χ1n) is 6.25. The number of hydrogen-bond acceptors (Lipinski definition) is 3. The van der Waals surface area contributed by atoms with Gasteiger partial charge < -0.3 is 0 Å². The van der Waals surface area contributed by atoms with Gasteiger partial charge in [-0.05, 0) is 30.0 Å². The largest absolute Gasteiger partial charge is 0.294 e. The normalized spacial score (nSPS) is 11.8. The van der Waals surface area contributed by atoms with Crippen molar-refractivity contribution >= 4 is 11.8 Å². The molecule has 0 aliphatic heterocycles. The summed E-state index contributed by atoms with van der Waals surface area (Å²) in [6.45, 7) is 0.329. The van der Waals surface area contributed by atoms with Gasteiger partial charge in [0.1, 0.15) is 11.9 Å². The lowest BCUT2D eigenvalue weighted by Gasteiger charge is -2.12. The molecule has 20 heavy (non-hydrogen) atoms. The van der Waals surface area contributed by atoms with E-state index in [0.29, 0.717) is 12.1 Å². The topological polar surface area (TPSA) is 35.8 Å². The second-order valence-corrected chi connectivity index (χ2v) is 5.19. The number of nitrogens with one attached hydrogen (secondary N) is 1. The summed E-state index contributed by atoms with van der Waals surface area (Å²) in [4.78, 5) is 1.15. The van der Waals surface area contributed by atoms with Crippen LogP contribution in [0.1, 0.15) is 17.2 Å². The fourth-order valence-electron chi connectivity index (χ4n) is 1.89. The van der Waals surface area contributed by atoms with Gasteiger partial charge in [0.2, 0.25) is 0 Å². The van der Waals surface area contributed by atoms with Crippen LogP contribution in [0, 0.1) is 17.1 Å². The molecule has 0 saturated carbocycles. The summed E-state index contributed by atoms with van der Waals surface area (Å²) < 4.78 is 13.5. The minimum absolute atomic E-state index is 0.255. The maximum atomic E-state index is 13.5. The summed E-state index contributed by atoms with van der Waals surface area (Å²) in [5.74, 6) is -0.255. The number of rotatable bonds is 5. The molecule has 0 bridgehead atoms. The molecule has 0 saturated heterocycles. The van der Waals surface area contributed by atoms with Gasteiger partial charge in [0.15, 0.2) is 0 Å². The van der Waals surface area contributed by atoms with Crippen molar-refractivity contribution < 1.29 is 4.39 Å². The Hall–Kier alpha value is -1.83. The molecule has 0 aromatic heterocycles. The third-order valence-electron chi connectivity index (χ3n) is 3.03. The molecule has 0 radical (unpaired) electrons. The van der Waals surface area contributed by atoms with Crippen molar-refractivity contribution in [2.75, 3.05) is 6.26 Å². The molecule has 0 heterocycles. The van der Waals surface area contributed by atoms with Gasteiger partial charge in [-0.2, -0.15) is 5.26 Å². The highest BCUT2D eigenvalue weighted by molar-refractivity contribution is 7.98. The smallest absolute Gasteiger partial charge is 0.127 e. The van der Waals surface area contributed by atoms with Crippen molar-refractivity contribution in [1.82, 2.24) is 5.32 Å². The van der Waals surface area contributed by atoms with Crippen LogP contribution in [-0.2, 0) is 6.54 Å². The highest BCUT2D eigenvalue weighted by Gasteiger charge is 2.10. The van der Waals surface area contributed by atoms with Gasteiger partial charge in [-0.25, -0.2) is 4.39 Å². The van der Waals surface area contributed by atoms with E-state index >= 15 is 0 Å². The molecular formula is C16H15FN2S. The van der Waals surface area contributed by atoms with E-state index in [1.165, 1.54) is 6.07 Å². The Bertz CT molecular complexity index is 605. The van der Waals surface area contributed by atoms with Crippen LogP contribution in [0.2, 0.25) is 0 Å². The summed E-state index contributed by atoms with van der Waals surface area (Å²) in [6.07, 6.45) is 2.01. The Balaban J connectivity index is 2.06. The third kappa shape index (κ3) is 3.60. The molecule has 1 unspecified atom stereocenters. The van der Waals surface area contributed by atoms with Crippen LogP contribution in [0.5, 0.6) is 0 Å². The second-order valence-electron chi connectivity index (χ2n) is 4.31. The Morgan fingerprint density at radius 1 is 1.20 bits per heavy atom. The van der Waals surface area contributed by atoms with Gasteiger partial charge >= 0.3 is 0 Å². The Kier molecular flexibility index (Phi) is 5.16. The van der Waals surface area contributed by atoms with Crippen molar-refractivity contribution in [2.24, 2.45) is 0 Å². The van der Waals surface area contributed by atoms with E-state index in [2.05, 4.69) is 11.4 Å². The van der Waals surface area contributed by atoms with E-state index in [9.17, 15) is 9.65 Å². The van der Waals surface area contributed by atoms with E-state index < -0.39 is 6.04 Å². The lowest BCUT2D eigenvalue weighted by Crippen LogP contribution is -2.20. The van der Waals surface area contributed by atoms with E-state index in [1.54, 1.807) is 30.0 Å². The lowest BCUT2D eigenvalue weighted by molar-refractivity contribution is 0.571. The number of thioether (sulfide) groups is 1. The molecule has 2 nitrogen and oxygen atoms in total. The average Bonchev–Trinajstić information content (AvgIpc) is 2.50. The molecule has 0 fully saturated rings. The molecule has 0 aliphatic rings. The minimum atomic E-state index is -0.439. The summed E-state index contributed by atoms with van der Waals surface area (Å²) in [7, 11) is 0. The molecule has 102 valence electrons. The van der Waals surface area contributed by atoms with Gasteiger partial charge in [-0.3, -0.25) is 5.32 Å². The van der Waals surface area contributed by atoms with Gasteiger partial charge in [-0.1, -0.05) is 30.3 Å². The maximum Gasteiger partial charge on any atom is 0.127 e. The van der Waals surface area contributed by atoms with Crippen LogP contribution in [0.4, 0.5) is 4.39 Å². The molecule has 2 aromatic rings. The minimum Gasteiger partial charge on any atom is -0.294 e. The number of hydrogen-bond donors (Lipinski definition) is 1. The van der Waals surface area contributed by atoms with Crippen molar-refractivity contribution in [3.63, 3.8) is 0 Å². The first-order chi connectivity index (χ1) is 9.74. The van der Waals surface area contributed by atoms with Crippen LogP contribution >= 0.6 is 11.8 Å². The van der Waals surface area contributed by atoms with Gasteiger partial charge in [0.25, 0.3) is 0 Å². The summed E-state index contributed by atoms with van der Waals surface area (Å²) in [5, 5.41) is 12.3. The summed E-state index contributed by atoms with van der Waals surface area (Å²) in [6, 6.07) is 16.2. The number of benzene rings is 2. The SMILES string of the molecule is CSc1ccc(C(C#N)NCc2ccccc2F)cc1. The first-order valence-corrected chi connectivity index (χ1v) is 7.47. The van der Waals surface area contributed by atoms with Crippen LogP contribution in [0.15, 0.2) is 53.4 Å². The molecule has 0 amide bonds. The van der Waals surface area contributed by atoms with E-state index in [4.69, 9.17) is 0 Å². The maximum absolute atomic E-state index is 13.5. The zero-order chi connectivity index (χ0) is 14.4. The van der Waals surface area contributed by atoms with Crippen molar-refractivity contribution in [3.8, 4) is 6.07 Å². The predicted molar refractivity (Wildman–Crippen MR) is 79.8 cm³/mol. The number of halogens is 1. The zero-order valence-electron chi connectivity index (χ0n) is 11.1. The zero-order valence-corrected chi connectivity index (χ0v) is 12.0. The fourth-order valence-corrected chi connectivity index (χ4v) is 2.30. The lowest BCUT2D eigenvalue weighted by atomic mass is 10.1. The molecule has 1 atom stereocenters. The molecule has 4 heteroatoms. The predicted octanol–water partition coefficient (Wildman–Crippen LogP) is 3.90. The molecular weight excluding hydrogens is 271 g/mol. The van der Waals surface area contributed by atoms with Crippen molar-refractivity contribution in [3.05, 3.63) is 65.5 Å². The molecule has 1 N–H and O–H groups in total. The molecule has 0 spiro atoms. The van der Waals surface area contributed by atoms with E-state index in [-0.39, 0.29) is 5.82 Å². The van der Waals surface area contributed by atoms with Crippen LogP contribution < -0.4 is 5.32 Å². The number of nitrogens with zero attached hydrogens (tertiary/aromatic N) is 1. The fraction of sp³-hybridized carbons (Fsp3) is 0.188. The Morgan fingerprint density at radius 3 is 2.50 bits per heavy atom. The van der Waals surface area contributed by atoms with Gasteiger partial charge in [-0.15, -0.1) is 11.8 Å². The van der Waals surface area contributed by atoms with Crippen molar-refractivity contribution in [2.45, 2.75) is 17.5 Å². The van der Waals surface area contributed by atoms with Crippen molar-refractivity contribution in [1.29, 1.82) is 5.26 Å². The van der Waals surface area contributed by atoms with E-state index in [0.717, 1.165) is 10.5 Å². The van der Waals surface area contributed by atoms with Crippen LogP contribution in [-0.4, -0.2) is 6.26 Å². The second kappa shape index (κ2) is 7.09. The monoisotopic (exact) mass is 286 g/mol. The van der Waals surface area contributed by atoms with E-state index in [1.807, 2.05) is 30.5 Å². The third-order valence-corrected chi connectivity index (χ3v) is 3.78. The average molecular weight is 286 g/mol.